The fourth-order valence-electron chi connectivity index (χ4n) is 2.88. The number of ether oxygens (including phenoxy) is 2. The van der Waals surface area contributed by atoms with Gasteiger partial charge in [-0.2, -0.15) is 0 Å². The molecule has 2 amide bonds. The summed E-state index contributed by atoms with van der Waals surface area (Å²) in [5.74, 6) is -0.353. The van der Waals surface area contributed by atoms with E-state index in [9.17, 15) is 14.4 Å². The molecular formula is C19H26N2O5. The maximum atomic E-state index is 12.2. The van der Waals surface area contributed by atoms with Crippen LogP contribution in [0.2, 0.25) is 0 Å². The van der Waals surface area contributed by atoms with Gasteiger partial charge in [-0.05, 0) is 37.8 Å². The number of carbonyl (C=O) groups excluding carboxylic acids is 3. The van der Waals surface area contributed by atoms with Crippen molar-refractivity contribution in [2.75, 3.05) is 32.8 Å². The summed E-state index contributed by atoms with van der Waals surface area (Å²) in [5.41, 5.74) is 0.348. The number of piperidine rings is 1. The lowest BCUT2D eigenvalue weighted by atomic mass is 10.0. The number of nitrogens with one attached hydrogen (secondary N) is 1. The van der Waals surface area contributed by atoms with Crippen molar-refractivity contribution in [3.05, 3.63) is 29.8 Å². The first-order valence-electron chi connectivity index (χ1n) is 8.94. The van der Waals surface area contributed by atoms with E-state index in [0.717, 1.165) is 12.8 Å². The van der Waals surface area contributed by atoms with Gasteiger partial charge < -0.3 is 19.7 Å². The van der Waals surface area contributed by atoms with Gasteiger partial charge in [0.25, 0.3) is 11.8 Å². The second-order valence-electron chi connectivity index (χ2n) is 6.36. The molecule has 0 spiro atoms. The molecule has 0 aromatic heterocycles. The van der Waals surface area contributed by atoms with E-state index in [2.05, 4.69) is 12.2 Å². The summed E-state index contributed by atoms with van der Waals surface area (Å²) < 4.78 is 10.4. The minimum absolute atomic E-state index is 0.196. The Morgan fingerprint density at radius 1 is 1.27 bits per heavy atom. The van der Waals surface area contributed by atoms with Crippen molar-refractivity contribution in [1.29, 1.82) is 0 Å². The first-order chi connectivity index (χ1) is 12.5. The van der Waals surface area contributed by atoms with Crippen molar-refractivity contribution in [2.45, 2.75) is 26.7 Å². The van der Waals surface area contributed by atoms with Gasteiger partial charge in [0.1, 0.15) is 12.3 Å². The Morgan fingerprint density at radius 2 is 2.04 bits per heavy atom. The largest absolute Gasteiger partial charge is 0.493 e. The molecule has 1 aliphatic heterocycles. The lowest BCUT2D eigenvalue weighted by Crippen LogP contribution is -2.42. The quantitative estimate of drug-likeness (QED) is 0.745. The summed E-state index contributed by atoms with van der Waals surface area (Å²) in [6.45, 7) is 5.16. The number of hydrogen-bond acceptors (Lipinski definition) is 5. The van der Waals surface area contributed by atoms with Crippen molar-refractivity contribution >= 4 is 17.8 Å². The molecule has 0 aliphatic carbocycles. The van der Waals surface area contributed by atoms with Gasteiger partial charge >= 0.3 is 5.97 Å². The second-order valence-corrected chi connectivity index (χ2v) is 6.36. The van der Waals surface area contributed by atoms with Crippen LogP contribution in [0.5, 0.6) is 5.75 Å². The molecule has 2 rings (SSSR count). The Hall–Kier alpha value is -2.57. The fourth-order valence-corrected chi connectivity index (χ4v) is 2.88. The number of esters is 1. The normalized spacial score (nSPS) is 16.7. The van der Waals surface area contributed by atoms with Gasteiger partial charge in [0, 0.05) is 13.1 Å². The highest BCUT2D eigenvalue weighted by Crippen LogP contribution is 2.17. The molecule has 1 fully saturated rings. The van der Waals surface area contributed by atoms with Crippen LogP contribution in [0, 0.1) is 5.92 Å². The van der Waals surface area contributed by atoms with Crippen molar-refractivity contribution in [3.8, 4) is 5.75 Å². The summed E-state index contributed by atoms with van der Waals surface area (Å²) in [4.78, 5) is 37.8. The summed E-state index contributed by atoms with van der Waals surface area (Å²) >= 11 is 0. The molecule has 1 aromatic carbocycles. The summed E-state index contributed by atoms with van der Waals surface area (Å²) in [7, 11) is 0. The molecule has 1 aliphatic rings. The van der Waals surface area contributed by atoms with Crippen LogP contribution >= 0.6 is 0 Å². The molecule has 1 saturated heterocycles. The maximum absolute atomic E-state index is 12.2. The molecule has 26 heavy (non-hydrogen) atoms. The monoisotopic (exact) mass is 362 g/mol. The van der Waals surface area contributed by atoms with Gasteiger partial charge in [-0.15, -0.1) is 0 Å². The van der Waals surface area contributed by atoms with Gasteiger partial charge in [0.15, 0.2) is 6.61 Å². The van der Waals surface area contributed by atoms with Crippen molar-refractivity contribution in [3.63, 3.8) is 0 Å². The van der Waals surface area contributed by atoms with E-state index in [1.54, 1.807) is 29.2 Å². The van der Waals surface area contributed by atoms with Crippen LogP contribution in [0.15, 0.2) is 24.3 Å². The number of para-hydroxylation sites is 1. The van der Waals surface area contributed by atoms with E-state index in [1.807, 2.05) is 6.92 Å². The average Bonchev–Trinajstić information content (AvgIpc) is 2.65. The zero-order valence-electron chi connectivity index (χ0n) is 15.3. The van der Waals surface area contributed by atoms with Crippen LogP contribution < -0.4 is 10.1 Å². The molecule has 142 valence electrons. The minimum Gasteiger partial charge on any atom is -0.493 e. The fraction of sp³-hybridized carbons (Fsp3) is 0.526. The predicted octanol–water partition coefficient (Wildman–Crippen LogP) is 1.62. The molecule has 0 saturated carbocycles. The number of likely N-dealkylation sites (tertiary alicyclic amines) is 1. The minimum atomic E-state index is -0.648. The molecule has 1 N–H and O–H groups in total. The van der Waals surface area contributed by atoms with Crippen LogP contribution in [-0.2, 0) is 14.3 Å². The van der Waals surface area contributed by atoms with E-state index in [0.29, 0.717) is 36.9 Å². The molecule has 7 heteroatoms. The van der Waals surface area contributed by atoms with Crippen molar-refractivity contribution in [1.82, 2.24) is 10.2 Å². The van der Waals surface area contributed by atoms with Crippen molar-refractivity contribution in [2.24, 2.45) is 5.92 Å². The SMILES string of the molecule is CCOc1ccccc1C(=O)NCC(=O)OCC(=O)N1CCC[C@H](C)C1. The maximum Gasteiger partial charge on any atom is 0.325 e. The molecule has 0 unspecified atom stereocenters. The number of rotatable bonds is 7. The zero-order chi connectivity index (χ0) is 18.9. The summed E-state index contributed by atoms with van der Waals surface area (Å²) in [6, 6.07) is 6.79. The van der Waals surface area contributed by atoms with Crippen LogP contribution in [0.4, 0.5) is 0 Å². The third-order valence-electron chi connectivity index (χ3n) is 4.19. The lowest BCUT2D eigenvalue weighted by molar-refractivity contribution is -0.151. The molecule has 1 heterocycles. The van der Waals surface area contributed by atoms with Gasteiger partial charge in [-0.1, -0.05) is 19.1 Å². The Kier molecular flexibility index (Phi) is 7.44. The van der Waals surface area contributed by atoms with Gasteiger partial charge in [0.2, 0.25) is 0 Å². The van der Waals surface area contributed by atoms with Gasteiger partial charge in [-0.25, -0.2) is 0 Å². The van der Waals surface area contributed by atoms with Crippen LogP contribution in [0.25, 0.3) is 0 Å². The second kappa shape index (κ2) is 9.79. The highest BCUT2D eigenvalue weighted by atomic mass is 16.5. The molecule has 1 atom stereocenters. The highest BCUT2D eigenvalue weighted by molar-refractivity contribution is 5.98. The summed E-state index contributed by atoms with van der Waals surface area (Å²) in [6.07, 6.45) is 2.08. The highest BCUT2D eigenvalue weighted by Gasteiger charge is 2.22. The van der Waals surface area contributed by atoms with E-state index in [-0.39, 0.29) is 19.1 Å². The Labute approximate surface area is 153 Å². The predicted molar refractivity (Wildman–Crippen MR) is 95.9 cm³/mol. The molecule has 7 nitrogen and oxygen atoms in total. The molecule has 1 aromatic rings. The Balaban J connectivity index is 1.76. The lowest BCUT2D eigenvalue weighted by Gasteiger charge is -2.30. The molecular weight excluding hydrogens is 336 g/mol. The van der Waals surface area contributed by atoms with Crippen molar-refractivity contribution < 1.29 is 23.9 Å². The van der Waals surface area contributed by atoms with Crippen LogP contribution in [-0.4, -0.2) is 55.5 Å². The number of carbonyl (C=O) groups is 3. The Morgan fingerprint density at radius 3 is 2.77 bits per heavy atom. The molecule has 0 radical (unpaired) electrons. The topological polar surface area (TPSA) is 84.9 Å². The van der Waals surface area contributed by atoms with E-state index in [1.165, 1.54) is 0 Å². The van der Waals surface area contributed by atoms with Crippen LogP contribution in [0.3, 0.4) is 0 Å². The number of hydrogen-bond donors (Lipinski definition) is 1. The number of nitrogens with zero attached hydrogens (tertiary/aromatic N) is 1. The summed E-state index contributed by atoms with van der Waals surface area (Å²) in [5, 5.41) is 2.49. The first-order valence-corrected chi connectivity index (χ1v) is 8.94. The number of benzene rings is 1. The average molecular weight is 362 g/mol. The van der Waals surface area contributed by atoms with E-state index >= 15 is 0 Å². The molecule has 0 bridgehead atoms. The Bertz CT molecular complexity index is 647. The third-order valence-corrected chi connectivity index (χ3v) is 4.19. The first kappa shape index (κ1) is 19.8. The van der Waals surface area contributed by atoms with Gasteiger partial charge in [0.05, 0.1) is 12.2 Å². The standard InChI is InChI=1S/C19H26N2O5/c1-3-25-16-9-5-4-8-15(16)19(24)20-11-18(23)26-13-17(22)21-10-6-7-14(2)12-21/h4-5,8-9,14H,3,6-7,10-13H2,1-2H3,(H,20,24)/t14-/m0/s1. The number of amides is 2. The van der Waals surface area contributed by atoms with E-state index in [4.69, 9.17) is 9.47 Å². The third kappa shape index (κ3) is 5.75. The van der Waals surface area contributed by atoms with E-state index < -0.39 is 11.9 Å². The van der Waals surface area contributed by atoms with Crippen LogP contribution in [0.1, 0.15) is 37.0 Å². The van der Waals surface area contributed by atoms with Gasteiger partial charge in [-0.3, -0.25) is 14.4 Å². The smallest absolute Gasteiger partial charge is 0.325 e. The zero-order valence-corrected chi connectivity index (χ0v) is 15.3.